The van der Waals surface area contributed by atoms with Gasteiger partial charge in [0.2, 0.25) is 5.78 Å². The van der Waals surface area contributed by atoms with Crippen LogP contribution in [0.3, 0.4) is 0 Å². The molecule has 1 aromatic carbocycles. The molecule has 5 N–H and O–H groups in total. The molecule has 2 aliphatic carbocycles. The SMILES string of the molecule is COC1=CC(=O)c2c(O)c3c(c(O)c2C1=O)[C@H](O)[C@@H](O)[C@@](C)(O)C3. The van der Waals surface area contributed by atoms with Crippen molar-refractivity contribution in [1.29, 1.82) is 0 Å². The van der Waals surface area contributed by atoms with Gasteiger partial charge < -0.3 is 30.3 Å². The summed E-state index contributed by atoms with van der Waals surface area (Å²) in [5.74, 6) is -3.24. The maximum atomic E-state index is 12.4. The summed E-state index contributed by atoms with van der Waals surface area (Å²) in [7, 11) is 1.17. The van der Waals surface area contributed by atoms with Crippen molar-refractivity contribution < 1.29 is 39.9 Å². The maximum Gasteiger partial charge on any atom is 0.232 e. The fourth-order valence-corrected chi connectivity index (χ4v) is 3.24. The van der Waals surface area contributed by atoms with E-state index in [1.165, 1.54) is 14.0 Å². The molecule has 0 radical (unpaired) electrons. The number of phenolic OH excluding ortho intramolecular Hbond substituents is 2. The highest BCUT2D eigenvalue weighted by Gasteiger charge is 2.47. The molecule has 0 heterocycles. The molecule has 128 valence electrons. The number of benzene rings is 1. The summed E-state index contributed by atoms with van der Waals surface area (Å²) in [6, 6.07) is 0. The molecule has 0 amide bonds. The number of fused-ring (bicyclic) bond motifs is 2. The Labute approximate surface area is 136 Å². The number of ether oxygens (including phenoxy) is 1. The van der Waals surface area contributed by atoms with E-state index in [0.717, 1.165) is 6.08 Å². The Bertz CT molecular complexity index is 805. The molecule has 8 heteroatoms. The molecule has 0 saturated carbocycles. The Morgan fingerprint density at radius 1 is 1.17 bits per heavy atom. The van der Waals surface area contributed by atoms with Gasteiger partial charge in [0.05, 0.1) is 23.8 Å². The number of aromatic hydroxyl groups is 2. The van der Waals surface area contributed by atoms with Crippen molar-refractivity contribution >= 4 is 11.6 Å². The second-order valence-corrected chi connectivity index (χ2v) is 6.17. The molecule has 0 spiro atoms. The first-order valence-electron chi connectivity index (χ1n) is 7.15. The standard InChI is InChI=1S/C16H16O8/c1-16(23)4-5-8(14(21)15(16)22)13(20)10-9(11(5)18)6(17)3-7(24-2)12(10)19/h3,14-15,18,20-23H,4H2,1-2H3/t14-,15+,16-/m0/s1. The molecule has 3 rings (SSSR count). The highest BCUT2D eigenvalue weighted by molar-refractivity contribution is 6.26. The van der Waals surface area contributed by atoms with E-state index >= 15 is 0 Å². The van der Waals surface area contributed by atoms with Crippen molar-refractivity contribution in [2.75, 3.05) is 7.11 Å². The lowest BCUT2D eigenvalue weighted by atomic mass is 9.74. The highest BCUT2D eigenvalue weighted by atomic mass is 16.5. The van der Waals surface area contributed by atoms with Gasteiger partial charge in [-0.2, -0.15) is 0 Å². The summed E-state index contributed by atoms with van der Waals surface area (Å²) in [6.07, 6.45) is -2.84. The number of hydrogen-bond donors (Lipinski definition) is 5. The third-order valence-electron chi connectivity index (χ3n) is 4.54. The molecule has 1 aromatic rings. The molecule has 0 bridgehead atoms. The first-order valence-corrected chi connectivity index (χ1v) is 7.15. The van der Waals surface area contributed by atoms with Gasteiger partial charge in [0.15, 0.2) is 11.5 Å². The largest absolute Gasteiger partial charge is 0.507 e. The Morgan fingerprint density at radius 3 is 2.38 bits per heavy atom. The number of ketones is 2. The predicted octanol–water partition coefficient (Wildman–Crippen LogP) is -0.292. The van der Waals surface area contributed by atoms with E-state index in [1.807, 2.05) is 0 Å². The van der Waals surface area contributed by atoms with Crippen LogP contribution in [0.2, 0.25) is 0 Å². The zero-order valence-corrected chi connectivity index (χ0v) is 12.9. The second kappa shape index (κ2) is 5.04. The number of aliphatic hydroxyl groups is 3. The summed E-state index contributed by atoms with van der Waals surface area (Å²) in [4.78, 5) is 24.6. The monoisotopic (exact) mass is 336 g/mol. The Balaban J connectivity index is 2.36. The minimum atomic E-state index is -1.79. The van der Waals surface area contributed by atoms with Crippen LogP contribution in [0.4, 0.5) is 0 Å². The van der Waals surface area contributed by atoms with Crippen molar-refractivity contribution in [3.63, 3.8) is 0 Å². The van der Waals surface area contributed by atoms with E-state index in [9.17, 15) is 35.1 Å². The van der Waals surface area contributed by atoms with Crippen LogP contribution in [0.1, 0.15) is 44.9 Å². The Morgan fingerprint density at radius 2 is 1.79 bits per heavy atom. The van der Waals surface area contributed by atoms with Crippen LogP contribution in [-0.2, 0) is 11.2 Å². The number of aliphatic hydroxyl groups excluding tert-OH is 2. The van der Waals surface area contributed by atoms with Crippen molar-refractivity contribution in [2.24, 2.45) is 0 Å². The van der Waals surface area contributed by atoms with Gasteiger partial charge in [-0.3, -0.25) is 9.59 Å². The normalized spacial score (nSPS) is 29.0. The van der Waals surface area contributed by atoms with Crippen LogP contribution in [0.25, 0.3) is 0 Å². The van der Waals surface area contributed by atoms with Crippen molar-refractivity contribution in [1.82, 2.24) is 0 Å². The number of allylic oxidation sites excluding steroid dienone is 2. The number of carbonyl (C=O) groups is 2. The van der Waals surface area contributed by atoms with Gasteiger partial charge in [0.25, 0.3) is 0 Å². The molecule has 0 aliphatic heterocycles. The molecule has 0 aromatic heterocycles. The smallest absolute Gasteiger partial charge is 0.232 e. The zero-order valence-electron chi connectivity index (χ0n) is 12.9. The van der Waals surface area contributed by atoms with Crippen molar-refractivity contribution in [3.05, 3.63) is 34.1 Å². The second-order valence-electron chi connectivity index (χ2n) is 6.17. The topological polar surface area (TPSA) is 145 Å². The number of carbonyl (C=O) groups excluding carboxylic acids is 2. The predicted molar refractivity (Wildman–Crippen MR) is 78.8 cm³/mol. The van der Waals surface area contributed by atoms with Crippen LogP contribution in [0.5, 0.6) is 11.5 Å². The molecular weight excluding hydrogens is 320 g/mol. The minimum Gasteiger partial charge on any atom is -0.507 e. The van der Waals surface area contributed by atoms with Gasteiger partial charge in [-0.1, -0.05) is 0 Å². The third kappa shape index (κ3) is 1.97. The van der Waals surface area contributed by atoms with Crippen LogP contribution in [0, 0.1) is 0 Å². The fourth-order valence-electron chi connectivity index (χ4n) is 3.24. The molecule has 0 unspecified atom stereocenters. The lowest BCUT2D eigenvalue weighted by molar-refractivity contribution is -0.126. The van der Waals surface area contributed by atoms with E-state index in [2.05, 4.69) is 0 Å². The van der Waals surface area contributed by atoms with E-state index in [1.54, 1.807) is 0 Å². The van der Waals surface area contributed by atoms with Crippen molar-refractivity contribution in [3.8, 4) is 11.5 Å². The fraction of sp³-hybridized carbons (Fsp3) is 0.375. The van der Waals surface area contributed by atoms with Gasteiger partial charge >= 0.3 is 0 Å². The summed E-state index contributed by atoms with van der Waals surface area (Å²) in [5.41, 5.74) is -3.09. The van der Waals surface area contributed by atoms with Crippen LogP contribution >= 0.6 is 0 Å². The summed E-state index contributed by atoms with van der Waals surface area (Å²) < 4.78 is 4.80. The number of Topliss-reactive ketones (excluding diaryl/α,β-unsaturated/α-hetero) is 1. The average Bonchev–Trinajstić information content (AvgIpc) is 2.51. The molecular formula is C16H16O8. The number of rotatable bonds is 1. The van der Waals surface area contributed by atoms with Crippen LogP contribution < -0.4 is 0 Å². The zero-order chi connectivity index (χ0) is 18.0. The Hall–Kier alpha value is -2.42. The van der Waals surface area contributed by atoms with E-state index in [4.69, 9.17) is 4.74 Å². The van der Waals surface area contributed by atoms with E-state index in [-0.39, 0.29) is 23.3 Å². The molecule has 8 nitrogen and oxygen atoms in total. The van der Waals surface area contributed by atoms with Crippen LogP contribution in [0.15, 0.2) is 11.8 Å². The quantitative estimate of drug-likeness (QED) is 0.440. The first kappa shape index (κ1) is 16.4. The Kier molecular flexibility index (Phi) is 3.45. The highest BCUT2D eigenvalue weighted by Crippen LogP contribution is 2.49. The summed E-state index contributed by atoms with van der Waals surface area (Å²) >= 11 is 0. The van der Waals surface area contributed by atoms with Gasteiger partial charge in [0, 0.05) is 23.6 Å². The maximum absolute atomic E-state index is 12.4. The summed E-state index contributed by atoms with van der Waals surface area (Å²) in [5, 5.41) is 51.3. The average molecular weight is 336 g/mol. The number of methoxy groups -OCH3 is 1. The molecule has 2 aliphatic rings. The third-order valence-corrected chi connectivity index (χ3v) is 4.54. The first-order chi connectivity index (χ1) is 11.1. The number of hydrogen-bond acceptors (Lipinski definition) is 8. The molecule has 0 fully saturated rings. The van der Waals surface area contributed by atoms with E-state index < -0.39 is 52.0 Å². The van der Waals surface area contributed by atoms with Crippen molar-refractivity contribution in [2.45, 2.75) is 31.2 Å². The van der Waals surface area contributed by atoms with E-state index in [0.29, 0.717) is 0 Å². The molecule has 3 atom stereocenters. The summed E-state index contributed by atoms with van der Waals surface area (Å²) in [6.45, 7) is 1.25. The minimum absolute atomic E-state index is 0.0931. The lowest BCUT2D eigenvalue weighted by Crippen LogP contribution is -2.48. The number of phenols is 2. The van der Waals surface area contributed by atoms with Crippen LogP contribution in [-0.4, -0.2) is 55.9 Å². The van der Waals surface area contributed by atoms with Gasteiger partial charge in [-0.05, 0) is 6.92 Å². The molecule has 0 saturated heterocycles. The van der Waals surface area contributed by atoms with Gasteiger partial charge in [0.1, 0.15) is 23.7 Å². The van der Waals surface area contributed by atoms with Gasteiger partial charge in [-0.15, -0.1) is 0 Å². The lowest BCUT2D eigenvalue weighted by Gasteiger charge is -2.39. The van der Waals surface area contributed by atoms with Gasteiger partial charge in [-0.25, -0.2) is 0 Å². The molecule has 24 heavy (non-hydrogen) atoms.